The summed E-state index contributed by atoms with van der Waals surface area (Å²) in [6.45, 7) is 0.782. The van der Waals surface area contributed by atoms with Crippen molar-refractivity contribution in [1.82, 2.24) is 19.7 Å². The van der Waals surface area contributed by atoms with Gasteiger partial charge in [-0.1, -0.05) is 42.5 Å². The third-order valence-electron chi connectivity index (χ3n) is 4.30. The zero-order valence-corrected chi connectivity index (χ0v) is 15.3. The van der Waals surface area contributed by atoms with Gasteiger partial charge in [-0.25, -0.2) is 9.97 Å². The van der Waals surface area contributed by atoms with E-state index in [1.54, 1.807) is 6.20 Å². The average Bonchev–Trinajstić information content (AvgIpc) is 3.14. The molecule has 0 radical (unpaired) electrons. The Balaban J connectivity index is 1.35. The van der Waals surface area contributed by atoms with Crippen molar-refractivity contribution in [2.24, 2.45) is 0 Å². The maximum atomic E-state index is 12.3. The van der Waals surface area contributed by atoms with E-state index in [0.29, 0.717) is 19.0 Å². The van der Waals surface area contributed by atoms with E-state index < -0.39 is 0 Å². The molecule has 0 aliphatic carbocycles. The molecule has 140 valence electrons. The second-order valence-corrected chi connectivity index (χ2v) is 6.39. The molecule has 0 saturated heterocycles. The molecule has 0 bridgehead atoms. The number of hydrogen-bond donors (Lipinski definition) is 1. The normalized spacial score (nSPS) is 10.7. The summed E-state index contributed by atoms with van der Waals surface area (Å²) in [5, 5.41) is 2.92. The number of ether oxygens (including phenoxy) is 1. The molecule has 1 aromatic carbocycles. The van der Waals surface area contributed by atoms with Crippen LogP contribution in [-0.2, 0) is 24.4 Å². The van der Waals surface area contributed by atoms with Crippen molar-refractivity contribution >= 4 is 11.6 Å². The number of fused-ring (bicyclic) bond motifs is 1. The van der Waals surface area contributed by atoms with Gasteiger partial charge in [-0.15, -0.1) is 0 Å². The maximum Gasteiger partial charge on any atom is 0.226 e. The predicted octanol–water partition coefficient (Wildman–Crippen LogP) is 3.17. The molecule has 4 aromatic rings. The molecular formula is C22H20N4O2. The maximum absolute atomic E-state index is 12.3. The second-order valence-electron chi connectivity index (χ2n) is 6.39. The Morgan fingerprint density at radius 1 is 1.04 bits per heavy atom. The number of nitrogens with one attached hydrogen (secondary N) is 1. The van der Waals surface area contributed by atoms with Crippen LogP contribution < -0.4 is 10.1 Å². The fourth-order valence-electron chi connectivity index (χ4n) is 2.91. The highest BCUT2D eigenvalue weighted by Gasteiger charge is 2.10. The summed E-state index contributed by atoms with van der Waals surface area (Å²) in [4.78, 5) is 21.1. The molecule has 28 heavy (non-hydrogen) atoms. The smallest absolute Gasteiger partial charge is 0.226 e. The minimum atomic E-state index is -0.0960. The van der Waals surface area contributed by atoms with Crippen LogP contribution in [0, 0.1) is 0 Å². The van der Waals surface area contributed by atoms with Crippen molar-refractivity contribution < 1.29 is 9.53 Å². The first-order valence-corrected chi connectivity index (χ1v) is 9.08. The van der Waals surface area contributed by atoms with Crippen molar-refractivity contribution in [2.75, 3.05) is 0 Å². The van der Waals surface area contributed by atoms with E-state index in [2.05, 4.69) is 15.3 Å². The Hall–Kier alpha value is -3.67. The van der Waals surface area contributed by atoms with Gasteiger partial charge in [0.1, 0.15) is 12.3 Å². The molecule has 0 spiro atoms. The minimum Gasteiger partial charge on any atom is -0.473 e. The largest absolute Gasteiger partial charge is 0.473 e. The molecule has 0 unspecified atom stereocenters. The summed E-state index contributed by atoms with van der Waals surface area (Å²) in [5.74, 6) is 0.431. The summed E-state index contributed by atoms with van der Waals surface area (Å²) >= 11 is 0. The van der Waals surface area contributed by atoms with E-state index in [1.165, 1.54) is 0 Å². The SMILES string of the molecule is O=C(Cc1cn2ccccc2n1)NCc1cccnc1OCc1ccccc1. The van der Waals surface area contributed by atoms with E-state index in [-0.39, 0.29) is 12.3 Å². The minimum absolute atomic E-state index is 0.0960. The Kier molecular flexibility index (Phi) is 5.29. The lowest BCUT2D eigenvalue weighted by Crippen LogP contribution is -2.25. The van der Waals surface area contributed by atoms with Crippen LogP contribution in [-0.4, -0.2) is 20.3 Å². The standard InChI is InChI=1S/C22H20N4O2/c27-21(13-19-15-26-12-5-4-10-20(26)25-19)24-14-18-9-6-11-23-22(18)28-16-17-7-2-1-3-8-17/h1-12,15H,13-14,16H2,(H,24,27). The molecule has 0 aliphatic rings. The highest BCUT2D eigenvalue weighted by atomic mass is 16.5. The number of amides is 1. The highest BCUT2D eigenvalue weighted by molar-refractivity contribution is 5.78. The van der Waals surface area contributed by atoms with Gasteiger partial charge < -0.3 is 14.5 Å². The second kappa shape index (κ2) is 8.35. The number of pyridine rings is 2. The first-order valence-electron chi connectivity index (χ1n) is 9.08. The van der Waals surface area contributed by atoms with Gasteiger partial charge in [-0.3, -0.25) is 4.79 Å². The van der Waals surface area contributed by atoms with Gasteiger partial charge in [0.05, 0.1) is 12.1 Å². The van der Waals surface area contributed by atoms with E-state index in [4.69, 9.17) is 4.74 Å². The van der Waals surface area contributed by atoms with Crippen molar-refractivity contribution in [3.8, 4) is 5.88 Å². The molecule has 0 fully saturated rings. The highest BCUT2D eigenvalue weighted by Crippen LogP contribution is 2.16. The van der Waals surface area contributed by atoms with Crippen LogP contribution in [0.2, 0.25) is 0 Å². The van der Waals surface area contributed by atoms with Crippen LogP contribution in [0.4, 0.5) is 0 Å². The zero-order valence-electron chi connectivity index (χ0n) is 15.3. The number of benzene rings is 1. The first kappa shape index (κ1) is 17.7. The van der Waals surface area contributed by atoms with Crippen LogP contribution in [0.25, 0.3) is 5.65 Å². The summed E-state index contributed by atoms with van der Waals surface area (Å²) in [5.41, 5.74) is 3.46. The molecule has 0 aliphatic heterocycles. The predicted molar refractivity (Wildman–Crippen MR) is 106 cm³/mol. The lowest BCUT2D eigenvalue weighted by atomic mass is 10.2. The number of rotatable bonds is 7. The van der Waals surface area contributed by atoms with Gasteiger partial charge in [0.2, 0.25) is 11.8 Å². The van der Waals surface area contributed by atoms with Gasteiger partial charge in [-0.2, -0.15) is 0 Å². The van der Waals surface area contributed by atoms with Crippen LogP contribution in [0.5, 0.6) is 5.88 Å². The molecule has 3 aromatic heterocycles. The van der Waals surface area contributed by atoms with Crippen LogP contribution in [0.1, 0.15) is 16.8 Å². The summed E-state index contributed by atoms with van der Waals surface area (Å²) in [6.07, 6.45) is 5.69. The van der Waals surface area contributed by atoms with Gasteiger partial charge in [0, 0.05) is 30.7 Å². The number of imidazole rings is 1. The number of carbonyl (C=O) groups excluding carboxylic acids is 1. The van der Waals surface area contributed by atoms with Crippen molar-refractivity contribution in [3.05, 3.63) is 96.1 Å². The van der Waals surface area contributed by atoms with E-state index >= 15 is 0 Å². The third-order valence-corrected chi connectivity index (χ3v) is 4.30. The molecule has 4 rings (SSSR count). The number of carbonyl (C=O) groups is 1. The number of aromatic nitrogens is 3. The molecular weight excluding hydrogens is 352 g/mol. The Bertz CT molecular complexity index is 1040. The average molecular weight is 372 g/mol. The van der Waals surface area contributed by atoms with Crippen LogP contribution >= 0.6 is 0 Å². The molecule has 1 amide bonds. The Morgan fingerprint density at radius 3 is 2.75 bits per heavy atom. The molecule has 0 saturated carbocycles. The van der Waals surface area contributed by atoms with Gasteiger partial charge >= 0.3 is 0 Å². The van der Waals surface area contributed by atoms with E-state index in [0.717, 1.165) is 22.5 Å². The van der Waals surface area contributed by atoms with Crippen molar-refractivity contribution in [2.45, 2.75) is 19.6 Å². The quantitative estimate of drug-likeness (QED) is 0.541. The molecule has 3 heterocycles. The summed E-state index contributed by atoms with van der Waals surface area (Å²) in [6, 6.07) is 19.4. The fourth-order valence-corrected chi connectivity index (χ4v) is 2.91. The molecule has 6 heteroatoms. The Labute approximate surface area is 162 Å². The van der Waals surface area contributed by atoms with Gasteiger partial charge in [0.25, 0.3) is 0 Å². The number of hydrogen-bond acceptors (Lipinski definition) is 4. The van der Waals surface area contributed by atoms with E-state index in [9.17, 15) is 4.79 Å². The summed E-state index contributed by atoms with van der Waals surface area (Å²) in [7, 11) is 0. The van der Waals surface area contributed by atoms with E-state index in [1.807, 2.05) is 77.5 Å². The lowest BCUT2D eigenvalue weighted by molar-refractivity contribution is -0.120. The molecule has 6 nitrogen and oxygen atoms in total. The van der Waals surface area contributed by atoms with Crippen LogP contribution in [0.3, 0.4) is 0 Å². The van der Waals surface area contributed by atoms with Gasteiger partial charge in [-0.05, 0) is 23.8 Å². The first-order chi connectivity index (χ1) is 13.8. The van der Waals surface area contributed by atoms with Crippen molar-refractivity contribution in [1.29, 1.82) is 0 Å². The zero-order chi connectivity index (χ0) is 19.2. The van der Waals surface area contributed by atoms with Gasteiger partial charge in [0.15, 0.2) is 0 Å². The monoisotopic (exact) mass is 372 g/mol. The van der Waals surface area contributed by atoms with Crippen molar-refractivity contribution in [3.63, 3.8) is 0 Å². The Morgan fingerprint density at radius 2 is 1.89 bits per heavy atom. The topological polar surface area (TPSA) is 68.5 Å². The molecule has 0 atom stereocenters. The van der Waals surface area contributed by atoms with Crippen LogP contribution in [0.15, 0.2) is 79.3 Å². The third kappa shape index (κ3) is 4.35. The summed E-state index contributed by atoms with van der Waals surface area (Å²) < 4.78 is 7.74. The molecule has 1 N–H and O–H groups in total. The lowest BCUT2D eigenvalue weighted by Gasteiger charge is -2.11. The fraction of sp³-hybridized carbons (Fsp3) is 0.136. The number of nitrogens with zero attached hydrogens (tertiary/aromatic N) is 3.